The fraction of sp³-hybridized carbons (Fsp3) is 0.481. The van der Waals surface area contributed by atoms with Crippen LogP contribution < -0.4 is 24.4 Å². The highest BCUT2D eigenvalue weighted by Crippen LogP contribution is 2.40. The maximum Gasteiger partial charge on any atom is 0.335 e. The molecule has 1 aliphatic heterocycles. The molecule has 0 saturated carbocycles. The Kier molecular flexibility index (Phi) is 8.98. The zero-order chi connectivity index (χ0) is 25.4. The third-order valence-electron chi connectivity index (χ3n) is 6.64. The molecule has 1 aliphatic rings. The first-order valence-electron chi connectivity index (χ1n) is 12.3. The predicted octanol–water partition coefficient (Wildman–Crippen LogP) is 3.48. The summed E-state index contributed by atoms with van der Waals surface area (Å²) < 4.78 is 17.0. The van der Waals surface area contributed by atoms with Gasteiger partial charge in [0.1, 0.15) is 6.54 Å². The Labute approximate surface area is 207 Å². The lowest BCUT2D eigenvalue weighted by Crippen LogP contribution is -2.83. The molecule has 8 heteroatoms. The Morgan fingerprint density at radius 1 is 1.09 bits per heavy atom. The van der Waals surface area contributed by atoms with E-state index in [4.69, 9.17) is 19.3 Å². The first-order chi connectivity index (χ1) is 16.9. The van der Waals surface area contributed by atoms with Gasteiger partial charge >= 0.3 is 5.97 Å². The van der Waals surface area contributed by atoms with E-state index < -0.39 is 5.97 Å². The fourth-order valence-corrected chi connectivity index (χ4v) is 4.65. The van der Waals surface area contributed by atoms with E-state index in [1.165, 1.54) is 0 Å². The number of rotatable bonds is 13. The summed E-state index contributed by atoms with van der Waals surface area (Å²) in [4.78, 5) is 25.8. The van der Waals surface area contributed by atoms with Crippen molar-refractivity contribution in [2.45, 2.75) is 46.6 Å². The minimum absolute atomic E-state index is 0.0905. The molecule has 1 amide bonds. The minimum atomic E-state index is -0.971. The molecule has 1 fully saturated rings. The number of nitrogens with two attached hydrogens (primary N) is 1. The molecule has 0 spiro atoms. The van der Waals surface area contributed by atoms with E-state index in [0.29, 0.717) is 43.4 Å². The van der Waals surface area contributed by atoms with Crippen LogP contribution in [0.25, 0.3) is 0 Å². The van der Waals surface area contributed by atoms with Gasteiger partial charge in [-0.1, -0.05) is 6.92 Å². The van der Waals surface area contributed by atoms with Gasteiger partial charge < -0.3 is 29.5 Å². The second-order valence-electron chi connectivity index (χ2n) is 8.89. The van der Waals surface area contributed by atoms with E-state index in [-0.39, 0.29) is 16.9 Å². The van der Waals surface area contributed by atoms with Crippen molar-refractivity contribution in [3.8, 4) is 17.2 Å². The lowest BCUT2D eigenvalue weighted by Gasteiger charge is -2.26. The van der Waals surface area contributed by atoms with Crippen LogP contribution in [0.3, 0.4) is 0 Å². The summed E-state index contributed by atoms with van der Waals surface area (Å²) in [6.07, 6.45) is 2.32. The first-order valence-corrected chi connectivity index (χ1v) is 12.3. The maximum absolute atomic E-state index is 12.8. The highest BCUT2D eigenvalue weighted by atomic mass is 16.5. The number of aromatic carboxylic acids is 1. The number of quaternary nitrogens is 1. The summed E-state index contributed by atoms with van der Waals surface area (Å²) in [7, 11) is 1.61. The number of benzene rings is 2. The summed E-state index contributed by atoms with van der Waals surface area (Å²) in [6.45, 7) is 9.38. The normalized spacial score (nSPS) is 17.5. The number of carbonyl (C=O) groups is 2. The van der Waals surface area contributed by atoms with Gasteiger partial charge in [0, 0.05) is 36.1 Å². The molecule has 0 aromatic heterocycles. The summed E-state index contributed by atoms with van der Waals surface area (Å²) in [5, 5.41) is 11.4. The van der Waals surface area contributed by atoms with Gasteiger partial charge in [-0.3, -0.25) is 4.79 Å². The SMILES string of the molecule is CCOc1cc(C[NH2+]CCC2(CC)CC(=O)N(c3ccc(C(=O)O)cc3)C2)cc(OCC)c1OC. The Bertz CT molecular complexity index is 996. The van der Waals surface area contributed by atoms with Crippen molar-refractivity contribution in [1.29, 1.82) is 0 Å². The van der Waals surface area contributed by atoms with Crippen LogP contribution in [-0.2, 0) is 11.3 Å². The van der Waals surface area contributed by atoms with Gasteiger partial charge in [-0.25, -0.2) is 4.79 Å². The molecular weight excluding hydrogens is 448 g/mol. The maximum atomic E-state index is 12.8. The van der Waals surface area contributed by atoms with E-state index in [1.807, 2.05) is 26.0 Å². The largest absolute Gasteiger partial charge is 0.490 e. The molecule has 2 aromatic carbocycles. The van der Waals surface area contributed by atoms with Crippen LogP contribution in [-0.4, -0.2) is 50.4 Å². The Morgan fingerprint density at radius 3 is 2.23 bits per heavy atom. The Balaban J connectivity index is 1.63. The highest BCUT2D eigenvalue weighted by molar-refractivity contribution is 5.97. The molecule has 1 saturated heterocycles. The molecule has 0 bridgehead atoms. The predicted molar refractivity (Wildman–Crippen MR) is 134 cm³/mol. The third-order valence-corrected chi connectivity index (χ3v) is 6.64. The molecule has 190 valence electrons. The van der Waals surface area contributed by atoms with Crippen LogP contribution in [0.15, 0.2) is 36.4 Å². The van der Waals surface area contributed by atoms with Crippen molar-refractivity contribution >= 4 is 17.6 Å². The average molecular weight is 486 g/mol. The van der Waals surface area contributed by atoms with Crippen LogP contribution in [0.2, 0.25) is 0 Å². The number of methoxy groups -OCH3 is 1. The van der Waals surface area contributed by atoms with Gasteiger partial charge in [-0.15, -0.1) is 0 Å². The van der Waals surface area contributed by atoms with Crippen LogP contribution >= 0.6 is 0 Å². The van der Waals surface area contributed by atoms with Crippen LogP contribution in [0.5, 0.6) is 17.2 Å². The summed E-state index contributed by atoms with van der Waals surface area (Å²) in [5.41, 5.74) is 1.97. The number of anilines is 1. The third kappa shape index (κ3) is 6.25. The van der Waals surface area contributed by atoms with Crippen LogP contribution in [0.4, 0.5) is 5.69 Å². The van der Waals surface area contributed by atoms with Gasteiger partial charge in [0.25, 0.3) is 0 Å². The zero-order valence-electron chi connectivity index (χ0n) is 21.1. The second kappa shape index (κ2) is 11.9. The molecule has 2 aromatic rings. The number of carbonyl (C=O) groups excluding carboxylic acids is 1. The van der Waals surface area contributed by atoms with Crippen molar-refractivity contribution in [2.24, 2.45) is 5.41 Å². The lowest BCUT2D eigenvalue weighted by molar-refractivity contribution is -0.672. The van der Waals surface area contributed by atoms with E-state index in [9.17, 15) is 9.59 Å². The van der Waals surface area contributed by atoms with E-state index in [0.717, 1.165) is 37.2 Å². The standard InChI is InChI=1S/C27H36N2O6/c1-5-27(16-24(30)29(18-27)21-10-8-20(9-11-21)26(31)32)12-13-28-17-19-14-22(34-6-2)25(33-4)23(15-19)35-7-3/h8-11,14-15,28H,5-7,12-13,16-18H2,1-4H3,(H,31,32)/p+1. The number of amides is 1. The van der Waals surface area contributed by atoms with Gasteiger partial charge in [0.2, 0.25) is 11.7 Å². The molecule has 35 heavy (non-hydrogen) atoms. The summed E-state index contributed by atoms with van der Waals surface area (Å²) >= 11 is 0. The molecule has 3 rings (SSSR count). The molecule has 1 unspecified atom stereocenters. The molecule has 8 nitrogen and oxygen atoms in total. The number of hydrogen-bond acceptors (Lipinski definition) is 5. The number of ether oxygens (including phenoxy) is 3. The van der Waals surface area contributed by atoms with Gasteiger partial charge in [0.05, 0.1) is 32.4 Å². The topological polar surface area (TPSA) is 102 Å². The van der Waals surface area contributed by atoms with E-state index in [1.54, 1.807) is 36.3 Å². The average Bonchev–Trinajstić information content (AvgIpc) is 3.19. The molecule has 3 N–H and O–H groups in total. The first kappa shape index (κ1) is 26.3. The molecule has 1 atom stereocenters. The van der Waals surface area contributed by atoms with Gasteiger partial charge in [-0.2, -0.15) is 0 Å². The van der Waals surface area contributed by atoms with Crippen molar-refractivity contribution in [3.63, 3.8) is 0 Å². The number of nitrogens with zero attached hydrogens (tertiary/aromatic N) is 1. The smallest absolute Gasteiger partial charge is 0.335 e. The Morgan fingerprint density at radius 2 is 1.71 bits per heavy atom. The summed E-state index contributed by atoms with van der Waals surface area (Å²) in [5.74, 6) is 1.10. The fourth-order valence-electron chi connectivity index (χ4n) is 4.65. The van der Waals surface area contributed by atoms with Crippen molar-refractivity contribution < 1.29 is 34.2 Å². The highest BCUT2D eigenvalue weighted by Gasteiger charge is 2.42. The quantitative estimate of drug-likeness (QED) is 0.421. The van der Waals surface area contributed by atoms with Crippen molar-refractivity contribution in [2.75, 3.05) is 38.3 Å². The summed E-state index contributed by atoms with van der Waals surface area (Å²) in [6, 6.07) is 10.5. The van der Waals surface area contributed by atoms with Crippen LogP contribution in [0.1, 0.15) is 56.0 Å². The van der Waals surface area contributed by atoms with E-state index >= 15 is 0 Å². The molecule has 1 heterocycles. The van der Waals surface area contributed by atoms with Gasteiger partial charge in [-0.05, 0) is 56.7 Å². The van der Waals surface area contributed by atoms with Crippen LogP contribution in [0, 0.1) is 5.41 Å². The minimum Gasteiger partial charge on any atom is -0.490 e. The lowest BCUT2D eigenvalue weighted by atomic mass is 9.81. The zero-order valence-corrected chi connectivity index (χ0v) is 21.1. The monoisotopic (exact) mass is 485 g/mol. The van der Waals surface area contributed by atoms with Crippen molar-refractivity contribution in [1.82, 2.24) is 0 Å². The molecule has 0 radical (unpaired) electrons. The van der Waals surface area contributed by atoms with Crippen molar-refractivity contribution in [3.05, 3.63) is 47.5 Å². The Hall–Kier alpha value is -3.26. The van der Waals surface area contributed by atoms with E-state index in [2.05, 4.69) is 12.2 Å². The number of carboxylic acid groups (broad SMARTS) is 1. The molecular formula is C27H37N2O6+. The number of carboxylic acids is 1. The second-order valence-corrected chi connectivity index (χ2v) is 8.89. The number of hydrogen-bond donors (Lipinski definition) is 2. The molecule has 0 aliphatic carbocycles. The van der Waals surface area contributed by atoms with Gasteiger partial charge in [0.15, 0.2) is 11.5 Å².